The van der Waals surface area contributed by atoms with Crippen LogP contribution in [0.1, 0.15) is 32.3 Å². The average Bonchev–Trinajstić information content (AvgIpc) is 3.06. The minimum atomic E-state index is -1.51. The number of nitrogens with one attached hydrogen (secondary N) is 3. The molecule has 0 aliphatic rings. The van der Waals surface area contributed by atoms with Crippen LogP contribution in [0.25, 0.3) is 10.9 Å². The monoisotopic (exact) mass is 419 g/mol. The highest BCUT2D eigenvalue weighted by molar-refractivity contribution is 6.25. The maximum atomic E-state index is 13.5. The SMILES string of the molecule is CC(C)OC(=O)[C@H](CCC(=O)C=[N+]=N)NC(=O)[C@@H](O)Cc1c[nH]c2ccc(F)cc12. The summed E-state index contributed by atoms with van der Waals surface area (Å²) in [6, 6.07) is 2.99. The number of rotatable bonds is 10. The normalized spacial score (nSPS) is 12.8. The first-order valence-corrected chi connectivity index (χ1v) is 9.38. The van der Waals surface area contributed by atoms with Gasteiger partial charge in [-0.3, -0.25) is 9.59 Å². The van der Waals surface area contributed by atoms with Crippen molar-refractivity contribution < 1.29 is 33.4 Å². The zero-order valence-corrected chi connectivity index (χ0v) is 16.6. The van der Waals surface area contributed by atoms with E-state index in [2.05, 4.69) is 15.1 Å². The third-order valence-corrected chi connectivity index (χ3v) is 4.29. The topological polar surface area (TPSA) is 146 Å². The van der Waals surface area contributed by atoms with Crippen molar-refractivity contribution in [2.24, 2.45) is 0 Å². The number of ketones is 1. The van der Waals surface area contributed by atoms with Crippen LogP contribution in [0, 0.1) is 11.3 Å². The number of halogens is 1. The highest BCUT2D eigenvalue weighted by atomic mass is 19.1. The van der Waals surface area contributed by atoms with Crippen molar-refractivity contribution in [1.29, 1.82) is 5.53 Å². The second-order valence-corrected chi connectivity index (χ2v) is 7.03. The highest BCUT2D eigenvalue weighted by Crippen LogP contribution is 2.20. The Labute approximate surface area is 171 Å². The van der Waals surface area contributed by atoms with E-state index < -0.39 is 41.7 Å². The minimum absolute atomic E-state index is 0.0762. The van der Waals surface area contributed by atoms with Crippen LogP contribution in [0.15, 0.2) is 24.4 Å². The van der Waals surface area contributed by atoms with Crippen LogP contribution in [-0.4, -0.2) is 57.0 Å². The molecule has 2 atom stereocenters. The molecule has 0 spiro atoms. The van der Waals surface area contributed by atoms with Gasteiger partial charge in [0.2, 0.25) is 11.7 Å². The summed E-state index contributed by atoms with van der Waals surface area (Å²) >= 11 is 0. The van der Waals surface area contributed by atoms with Crippen LogP contribution < -0.4 is 5.32 Å². The van der Waals surface area contributed by atoms with Crippen molar-refractivity contribution in [3.8, 4) is 0 Å². The molecular formula is C20H24FN4O5+. The van der Waals surface area contributed by atoms with E-state index >= 15 is 0 Å². The van der Waals surface area contributed by atoms with Gasteiger partial charge in [-0.05, 0) is 44.0 Å². The molecule has 30 heavy (non-hydrogen) atoms. The smallest absolute Gasteiger partial charge is 0.372 e. The van der Waals surface area contributed by atoms with Gasteiger partial charge in [-0.1, -0.05) is 0 Å². The van der Waals surface area contributed by atoms with Gasteiger partial charge in [0, 0.05) is 29.9 Å². The summed E-state index contributed by atoms with van der Waals surface area (Å²) < 4.78 is 18.6. The van der Waals surface area contributed by atoms with Crippen molar-refractivity contribution in [3.63, 3.8) is 0 Å². The van der Waals surface area contributed by atoms with Crippen molar-refractivity contribution in [3.05, 3.63) is 35.8 Å². The predicted molar refractivity (Wildman–Crippen MR) is 104 cm³/mol. The van der Waals surface area contributed by atoms with E-state index in [4.69, 9.17) is 10.3 Å². The number of aliphatic hydroxyl groups excluding tert-OH is 1. The number of nitrogens with zero attached hydrogens (tertiary/aromatic N) is 1. The van der Waals surface area contributed by atoms with Crippen LogP contribution in [-0.2, 0) is 25.5 Å². The molecule has 0 aliphatic carbocycles. The number of aliphatic hydroxyl groups is 1. The third-order valence-electron chi connectivity index (χ3n) is 4.29. The van der Waals surface area contributed by atoms with Gasteiger partial charge in [0.05, 0.1) is 16.4 Å². The Morgan fingerprint density at radius 1 is 1.37 bits per heavy atom. The molecule has 0 unspecified atom stereocenters. The summed E-state index contributed by atoms with van der Waals surface area (Å²) in [6.45, 7) is 3.28. The molecule has 2 aromatic rings. The standard InChI is InChI=1S/C20H23FN4O5/c1-11(2)30-20(29)17(6-4-14(26)10-24-22)25-19(28)18(27)7-12-9-23-16-5-3-13(21)8-15(12)16/h3,5,8-11,17-18,22-23,27H,4,6-7H2,1-2H3/p+1/t17-,18-/m0/s1. The fraction of sp³-hybridized carbons (Fsp3) is 0.400. The van der Waals surface area contributed by atoms with Crippen LogP contribution in [0.3, 0.4) is 0 Å². The summed E-state index contributed by atoms with van der Waals surface area (Å²) in [5.41, 5.74) is 7.85. The maximum Gasteiger partial charge on any atom is 0.372 e. The molecule has 2 rings (SSSR count). The molecule has 0 fully saturated rings. The molecule has 1 heterocycles. The van der Waals surface area contributed by atoms with Gasteiger partial charge in [-0.15, -0.1) is 0 Å². The van der Waals surface area contributed by atoms with E-state index in [9.17, 15) is 23.9 Å². The number of hydrogen-bond donors (Lipinski definition) is 4. The van der Waals surface area contributed by atoms with Gasteiger partial charge in [-0.25, -0.2) is 9.18 Å². The van der Waals surface area contributed by atoms with E-state index in [0.29, 0.717) is 16.5 Å². The van der Waals surface area contributed by atoms with Crippen molar-refractivity contribution in [2.75, 3.05) is 0 Å². The molecule has 0 saturated carbocycles. The molecule has 0 saturated heterocycles. The van der Waals surface area contributed by atoms with Crippen LogP contribution in [0.4, 0.5) is 4.39 Å². The number of carbonyl (C=O) groups is 3. The maximum absolute atomic E-state index is 13.5. The molecule has 10 heteroatoms. The van der Waals surface area contributed by atoms with Crippen LogP contribution in [0.2, 0.25) is 0 Å². The van der Waals surface area contributed by atoms with Gasteiger partial charge in [0.1, 0.15) is 18.0 Å². The van der Waals surface area contributed by atoms with Crippen molar-refractivity contribution >= 4 is 34.8 Å². The van der Waals surface area contributed by atoms with Gasteiger partial charge in [-0.2, -0.15) is 0 Å². The molecule has 1 amide bonds. The summed E-state index contributed by atoms with van der Waals surface area (Å²) in [7, 11) is 0. The number of hydrogen-bond acceptors (Lipinski definition) is 6. The molecule has 4 N–H and O–H groups in total. The zero-order chi connectivity index (χ0) is 22.3. The number of aromatic nitrogens is 1. The molecule has 1 aromatic carbocycles. The molecule has 9 nitrogen and oxygen atoms in total. The Kier molecular flexibility index (Phi) is 7.97. The van der Waals surface area contributed by atoms with E-state index in [1.54, 1.807) is 26.1 Å². The number of fused-ring (bicyclic) bond motifs is 1. The highest BCUT2D eigenvalue weighted by Gasteiger charge is 2.27. The Morgan fingerprint density at radius 2 is 2.10 bits per heavy atom. The van der Waals surface area contributed by atoms with E-state index in [1.165, 1.54) is 12.1 Å². The fourth-order valence-corrected chi connectivity index (χ4v) is 2.87. The predicted octanol–water partition coefficient (Wildman–Crippen LogP) is 1.31. The van der Waals surface area contributed by atoms with Gasteiger partial charge >= 0.3 is 12.2 Å². The second-order valence-electron chi connectivity index (χ2n) is 7.03. The van der Waals surface area contributed by atoms with Crippen molar-refractivity contribution in [2.45, 2.75) is 51.4 Å². The summed E-state index contributed by atoms with van der Waals surface area (Å²) in [4.78, 5) is 42.1. The van der Waals surface area contributed by atoms with Gasteiger partial charge in [0.25, 0.3) is 0 Å². The zero-order valence-electron chi connectivity index (χ0n) is 16.6. The Balaban J connectivity index is 2.08. The molecule has 1 aromatic heterocycles. The van der Waals surface area contributed by atoms with E-state index in [0.717, 1.165) is 6.21 Å². The number of ether oxygens (including phenoxy) is 1. The van der Waals surface area contributed by atoms with Crippen molar-refractivity contribution in [1.82, 2.24) is 10.3 Å². The molecule has 0 bridgehead atoms. The molecular weight excluding hydrogens is 395 g/mol. The number of aromatic amines is 1. The number of esters is 1. The van der Waals surface area contributed by atoms with Crippen LogP contribution in [0.5, 0.6) is 0 Å². The average molecular weight is 419 g/mol. The van der Waals surface area contributed by atoms with E-state index in [1.807, 2.05) is 0 Å². The lowest BCUT2D eigenvalue weighted by molar-refractivity contribution is -0.152. The quantitative estimate of drug-likeness (QED) is 0.198. The Hall–Kier alpha value is -3.36. The minimum Gasteiger partial charge on any atom is -0.461 e. The molecule has 0 aliphatic heterocycles. The first kappa shape index (κ1) is 22.9. The second kappa shape index (κ2) is 10.4. The molecule has 160 valence electrons. The number of benzene rings is 1. The Bertz CT molecular complexity index is 981. The lowest BCUT2D eigenvalue weighted by Gasteiger charge is -2.20. The van der Waals surface area contributed by atoms with Crippen LogP contribution >= 0.6 is 0 Å². The first-order valence-electron chi connectivity index (χ1n) is 9.38. The third kappa shape index (κ3) is 6.33. The molecule has 0 radical (unpaired) electrons. The summed E-state index contributed by atoms with van der Waals surface area (Å²) in [5, 5.41) is 13.2. The Morgan fingerprint density at radius 3 is 2.77 bits per heavy atom. The fourth-order valence-electron chi connectivity index (χ4n) is 2.87. The lowest BCUT2D eigenvalue weighted by atomic mass is 10.0. The first-order chi connectivity index (χ1) is 14.2. The lowest BCUT2D eigenvalue weighted by Crippen LogP contribution is -2.47. The number of amides is 1. The van der Waals surface area contributed by atoms with Gasteiger partial charge in [0.15, 0.2) is 0 Å². The van der Waals surface area contributed by atoms with Gasteiger partial charge < -0.3 is 20.1 Å². The largest absolute Gasteiger partial charge is 0.461 e. The number of carbonyl (C=O) groups excluding carboxylic acids is 3. The number of H-pyrrole nitrogens is 1. The number of Topliss-reactive ketones (excluding diaryl/α,β-unsaturated/α-hetero) is 1. The summed E-state index contributed by atoms with van der Waals surface area (Å²) in [6.07, 6.45) is 0.110. The summed E-state index contributed by atoms with van der Waals surface area (Å²) in [5.74, 6) is -2.49. The van der Waals surface area contributed by atoms with E-state index in [-0.39, 0.29) is 19.3 Å².